The number of rotatable bonds is 5. The molecule has 0 aliphatic carbocycles. The predicted octanol–water partition coefficient (Wildman–Crippen LogP) is 2.88. The van der Waals surface area contributed by atoms with E-state index in [1.54, 1.807) is 0 Å². The second-order valence-corrected chi connectivity index (χ2v) is 4.09. The van der Waals surface area contributed by atoms with Crippen LogP contribution in [0.1, 0.15) is 44.2 Å². The number of nitrogens with one attached hydrogen (secondary N) is 1. The number of aryl methyl sites for hydroxylation is 1. The van der Waals surface area contributed by atoms with E-state index in [2.05, 4.69) is 44.1 Å². The highest BCUT2D eigenvalue weighted by Crippen LogP contribution is 2.23. The van der Waals surface area contributed by atoms with Gasteiger partial charge in [0.25, 0.3) is 0 Å². The maximum atomic E-state index is 4.14. The van der Waals surface area contributed by atoms with Crippen molar-refractivity contribution < 1.29 is 0 Å². The van der Waals surface area contributed by atoms with Crippen molar-refractivity contribution in [1.82, 2.24) is 10.3 Å². The molecule has 15 heavy (non-hydrogen) atoms. The Labute approximate surface area is 93.1 Å². The van der Waals surface area contributed by atoms with Crippen LogP contribution >= 0.6 is 0 Å². The van der Waals surface area contributed by atoms with Gasteiger partial charge in [-0.15, -0.1) is 0 Å². The minimum absolute atomic E-state index is 0.554. The van der Waals surface area contributed by atoms with E-state index in [0.29, 0.717) is 12.0 Å². The first-order valence-electron chi connectivity index (χ1n) is 5.84. The summed E-state index contributed by atoms with van der Waals surface area (Å²) in [4.78, 5) is 4.14. The van der Waals surface area contributed by atoms with Crippen LogP contribution in [0.5, 0.6) is 0 Å². The number of hydrogen-bond acceptors (Lipinski definition) is 2. The standard InChI is InChI=1S/C13H22N2/c1-5-13(15-6-2)11(4)12-7-8-14-9-10(12)3/h7-9,11,13,15H,5-6H2,1-4H3. The van der Waals surface area contributed by atoms with Gasteiger partial charge in [-0.25, -0.2) is 0 Å². The first kappa shape index (κ1) is 12.2. The SMILES string of the molecule is CCNC(CC)C(C)c1ccncc1C. The van der Waals surface area contributed by atoms with Gasteiger partial charge in [-0.2, -0.15) is 0 Å². The highest BCUT2D eigenvalue weighted by atomic mass is 14.9. The van der Waals surface area contributed by atoms with Gasteiger partial charge in [-0.3, -0.25) is 4.98 Å². The first-order valence-corrected chi connectivity index (χ1v) is 5.84. The van der Waals surface area contributed by atoms with Crippen LogP contribution in [-0.4, -0.2) is 17.6 Å². The van der Waals surface area contributed by atoms with Crippen LogP contribution in [0.2, 0.25) is 0 Å². The highest BCUT2D eigenvalue weighted by molar-refractivity contribution is 5.26. The normalized spacial score (nSPS) is 14.9. The van der Waals surface area contributed by atoms with E-state index in [1.807, 2.05) is 12.4 Å². The maximum absolute atomic E-state index is 4.14. The molecule has 0 aromatic carbocycles. The molecule has 0 saturated carbocycles. The van der Waals surface area contributed by atoms with Crippen molar-refractivity contribution >= 4 is 0 Å². The fourth-order valence-corrected chi connectivity index (χ4v) is 2.15. The molecule has 0 saturated heterocycles. The summed E-state index contributed by atoms with van der Waals surface area (Å²) in [6, 6.07) is 2.70. The summed E-state index contributed by atoms with van der Waals surface area (Å²) in [5.74, 6) is 0.554. The zero-order chi connectivity index (χ0) is 11.3. The van der Waals surface area contributed by atoms with Gasteiger partial charge in [-0.05, 0) is 43.0 Å². The van der Waals surface area contributed by atoms with Gasteiger partial charge in [0.15, 0.2) is 0 Å². The smallest absolute Gasteiger partial charge is 0.0299 e. The molecule has 0 spiro atoms. The van der Waals surface area contributed by atoms with Crippen LogP contribution in [0.3, 0.4) is 0 Å². The van der Waals surface area contributed by atoms with Crippen LogP contribution in [0, 0.1) is 6.92 Å². The largest absolute Gasteiger partial charge is 0.314 e. The van der Waals surface area contributed by atoms with E-state index in [4.69, 9.17) is 0 Å². The molecular weight excluding hydrogens is 184 g/mol. The summed E-state index contributed by atoms with van der Waals surface area (Å²) in [6.07, 6.45) is 5.00. The summed E-state index contributed by atoms with van der Waals surface area (Å²) in [5, 5.41) is 3.54. The summed E-state index contributed by atoms with van der Waals surface area (Å²) < 4.78 is 0. The van der Waals surface area contributed by atoms with Crippen LogP contribution in [0.15, 0.2) is 18.5 Å². The Morgan fingerprint density at radius 2 is 2.13 bits per heavy atom. The summed E-state index contributed by atoms with van der Waals surface area (Å²) in [6.45, 7) is 9.86. The third-order valence-electron chi connectivity index (χ3n) is 3.06. The molecule has 0 radical (unpaired) electrons. The summed E-state index contributed by atoms with van der Waals surface area (Å²) in [7, 11) is 0. The molecule has 0 bridgehead atoms. The van der Waals surface area contributed by atoms with Crippen molar-refractivity contribution in [1.29, 1.82) is 0 Å². The second-order valence-electron chi connectivity index (χ2n) is 4.09. The van der Waals surface area contributed by atoms with Crippen LogP contribution in [0.25, 0.3) is 0 Å². The van der Waals surface area contributed by atoms with Crippen LogP contribution < -0.4 is 5.32 Å². The zero-order valence-electron chi connectivity index (χ0n) is 10.2. The third kappa shape index (κ3) is 3.03. The molecule has 2 heteroatoms. The molecule has 1 heterocycles. The topological polar surface area (TPSA) is 24.9 Å². The molecule has 1 aromatic rings. The molecule has 1 N–H and O–H groups in total. The molecule has 0 aliphatic heterocycles. The fraction of sp³-hybridized carbons (Fsp3) is 0.615. The van der Waals surface area contributed by atoms with Gasteiger partial charge in [0, 0.05) is 18.4 Å². The quantitative estimate of drug-likeness (QED) is 0.801. The Balaban J connectivity index is 2.82. The molecule has 1 aromatic heterocycles. The highest BCUT2D eigenvalue weighted by Gasteiger charge is 2.17. The van der Waals surface area contributed by atoms with Gasteiger partial charge in [-0.1, -0.05) is 20.8 Å². The van der Waals surface area contributed by atoms with E-state index >= 15 is 0 Å². The Morgan fingerprint density at radius 1 is 1.40 bits per heavy atom. The molecular formula is C13H22N2. The van der Waals surface area contributed by atoms with Gasteiger partial charge in [0.2, 0.25) is 0 Å². The Kier molecular flexibility index (Phi) is 4.76. The number of nitrogens with zero attached hydrogens (tertiary/aromatic N) is 1. The Bertz CT molecular complexity index is 296. The van der Waals surface area contributed by atoms with E-state index in [9.17, 15) is 0 Å². The van der Waals surface area contributed by atoms with E-state index in [0.717, 1.165) is 13.0 Å². The first-order chi connectivity index (χ1) is 7.20. The lowest BCUT2D eigenvalue weighted by Gasteiger charge is -2.25. The number of aromatic nitrogens is 1. The Morgan fingerprint density at radius 3 is 2.67 bits per heavy atom. The monoisotopic (exact) mass is 206 g/mol. The van der Waals surface area contributed by atoms with E-state index < -0.39 is 0 Å². The van der Waals surface area contributed by atoms with Gasteiger partial charge >= 0.3 is 0 Å². The molecule has 84 valence electrons. The average Bonchev–Trinajstić information content (AvgIpc) is 2.25. The lowest BCUT2D eigenvalue weighted by molar-refractivity contribution is 0.447. The van der Waals surface area contributed by atoms with Crippen LogP contribution in [-0.2, 0) is 0 Å². The number of hydrogen-bond donors (Lipinski definition) is 1. The average molecular weight is 206 g/mol. The van der Waals surface area contributed by atoms with Gasteiger partial charge in [0.05, 0.1) is 0 Å². The third-order valence-corrected chi connectivity index (χ3v) is 3.06. The number of likely N-dealkylation sites (N-methyl/N-ethyl adjacent to an activating group) is 1. The zero-order valence-corrected chi connectivity index (χ0v) is 10.2. The van der Waals surface area contributed by atoms with Gasteiger partial charge in [0.1, 0.15) is 0 Å². The van der Waals surface area contributed by atoms with Crippen molar-refractivity contribution in [3.63, 3.8) is 0 Å². The fourth-order valence-electron chi connectivity index (χ4n) is 2.15. The van der Waals surface area contributed by atoms with Crippen molar-refractivity contribution in [2.24, 2.45) is 0 Å². The maximum Gasteiger partial charge on any atom is 0.0299 e. The van der Waals surface area contributed by atoms with Crippen molar-refractivity contribution in [2.75, 3.05) is 6.54 Å². The minimum atomic E-state index is 0.554. The molecule has 0 aliphatic rings. The van der Waals surface area contributed by atoms with Crippen molar-refractivity contribution in [2.45, 2.75) is 46.1 Å². The minimum Gasteiger partial charge on any atom is -0.314 e. The molecule has 1 rings (SSSR count). The Hall–Kier alpha value is -0.890. The predicted molar refractivity (Wildman–Crippen MR) is 65.1 cm³/mol. The number of pyridine rings is 1. The molecule has 0 amide bonds. The van der Waals surface area contributed by atoms with Crippen molar-refractivity contribution in [3.05, 3.63) is 29.6 Å². The molecule has 2 unspecified atom stereocenters. The van der Waals surface area contributed by atoms with Crippen molar-refractivity contribution in [3.8, 4) is 0 Å². The lowest BCUT2D eigenvalue weighted by atomic mass is 9.90. The van der Waals surface area contributed by atoms with E-state index in [1.165, 1.54) is 11.1 Å². The van der Waals surface area contributed by atoms with Crippen LogP contribution in [0.4, 0.5) is 0 Å². The summed E-state index contributed by atoms with van der Waals surface area (Å²) in [5.41, 5.74) is 2.71. The second kappa shape index (κ2) is 5.86. The molecule has 0 fully saturated rings. The lowest BCUT2D eigenvalue weighted by Crippen LogP contribution is -2.33. The molecule has 2 nitrogen and oxygen atoms in total. The molecule has 2 atom stereocenters. The summed E-state index contributed by atoms with van der Waals surface area (Å²) >= 11 is 0. The van der Waals surface area contributed by atoms with E-state index in [-0.39, 0.29) is 0 Å². The van der Waals surface area contributed by atoms with Gasteiger partial charge < -0.3 is 5.32 Å².